The smallest absolute Gasteiger partial charge is 0.251 e. The van der Waals surface area contributed by atoms with E-state index in [2.05, 4.69) is 6.08 Å². The molecule has 1 spiro atoms. The molecule has 0 aliphatic carbocycles. The van der Waals surface area contributed by atoms with E-state index >= 15 is 0 Å². The van der Waals surface area contributed by atoms with Crippen molar-refractivity contribution in [2.45, 2.75) is 42.9 Å². The standard InChI is InChI=1S/C32H35N3O4S/c1-21-12-13-22(2)24(19-21)34-16-7-14-32-27(30(38)35(17-8-18-36)28(32)31(34)39)26-25(40-32)11-6-15-33(29(26)37)20-23-9-4-3-5-10-23/h3-7,9-14,19,25-28,36H,8,15-18,20H2,1-2H3/t25-,26+,27-,28?,32-/m0/s1. The first-order valence-corrected chi connectivity index (χ1v) is 14.9. The van der Waals surface area contributed by atoms with E-state index in [1.165, 1.54) is 0 Å². The van der Waals surface area contributed by atoms with E-state index in [0.29, 0.717) is 26.1 Å². The van der Waals surface area contributed by atoms with E-state index in [1.54, 1.807) is 21.6 Å². The summed E-state index contributed by atoms with van der Waals surface area (Å²) in [7, 11) is 0. The monoisotopic (exact) mass is 557 g/mol. The van der Waals surface area contributed by atoms with Crippen LogP contribution in [0.5, 0.6) is 0 Å². The van der Waals surface area contributed by atoms with Crippen LogP contribution in [-0.2, 0) is 20.9 Å². The van der Waals surface area contributed by atoms with Gasteiger partial charge in [-0.05, 0) is 43.0 Å². The van der Waals surface area contributed by atoms with Crippen molar-refractivity contribution in [3.8, 4) is 0 Å². The fourth-order valence-electron chi connectivity index (χ4n) is 6.84. The number of likely N-dealkylation sites (tertiary alicyclic amines) is 1. The number of carbonyl (C=O) groups is 3. The minimum absolute atomic E-state index is 0.0409. The molecule has 2 aromatic rings. The second-order valence-corrected chi connectivity index (χ2v) is 12.7. The molecule has 7 nitrogen and oxygen atoms in total. The topological polar surface area (TPSA) is 81.2 Å². The Morgan fingerprint density at radius 3 is 2.55 bits per heavy atom. The Kier molecular flexibility index (Phi) is 7.09. The van der Waals surface area contributed by atoms with E-state index in [9.17, 15) is 19.5 Å². The molecule has 2 aromatic carbocycles. The van der Waals surface area contributed by atoms with Crippen molar-refractivity contribution in [3.63, 3.8) is 0 Å². The Hall–Kier alpha value is -3.36. The van der Waals surface area contributed by atoms with Crippen molar-refractivity contribution in [2.75, 3.05) is 31.1 Å². The summed E-state index contributed by atoms with van der Waals surface area (Å²) in [4.78, 5) is 48.3. The number of benzene rings is 2. The zero-order chi connectivity index (χ0) is 28.0. The Labute approximate surface area is 239 Å². The lowest BCUT2D eigenvalue weighted by Crippen LogP contribution is -2.53. The molecule has 4 heterocycles. The van der Waals surface area contributed by atoms with Crippen LogP contribution in [0.1, 0.15) is 23.1 Å². The Balaban J connectivity index is 1.41. The molecule has 0 radical (unpaired) electrons. The van der Waals surface area contributed by atoms with Gasteiger partial charge in [-0.1, -0.05) is 66.8 Å². The summed E-state index contributed by atoms with van der Waals surface area (Å²) in [5.41, 5.74) is 3.93. The molecule has 0 saturated carbocycles. The number of hydrogen-bond donors (Lipinski definition) is 1. The zero-order valence-corrected chi connectivity index (χ0v) is 23.7. The number of nitrogens with zero attached hydrogens (tertiary/aromatic N) is 3. The number of fused-ring (bicyclic) bond motifs is 2. The van der Waals surface area contributed by atoms with Gasteiger partial charge in [-0.3, -0.25) is 14.4 Å². The molecule has 40 heavy (non-hydrogen) atoms. The first-order valence-electron chi connectivity index (χ1n) is 14.0. The van der Waals surface area contributed by atoms with Gasteiger partial charge in [0.25, 0.3) is 5.91 Å². The van der Waals surface area contributed by atoms with E-state index in [1.807, 2.05) is 85.5 Å². The minimum Gasteiger partial charge on any atom is -0.396 e. The van der Waals surface area contributed by atoms with Crippen LogP contribution in [0.4, 0.5) is 5.69 Å². The van der Waals surface area contributed by atoms with Crippen molar-refractivity contribution in [1.29, 1.82) is 0 Å². The molecule has 4 aliphatic heterocycles. The predicted molar refractivity (Wildman–Crippen MR) is 157 cm³/mol. The van der Waals surface area contributed by atoms with Crippen molar-refractivity contribution in [3.05, 3.63) is 89.5 Å². The van der Waals surface area contributed by atoms with Crippen LogP contribution in [-0.4, -0.2) is 74.9 Å². The molecule has 208 valence electrons. The second kappa shape index (κ2) is 10.6. The van der Waals surface area contributed by atoms with Crippen LogP contribution in [0.15, 0.2) is 72.8 Å². The van der Waals surface area contributed by atoms with E-state index < -0.39 is 22.6 Å². The van der Waals surface area contributed by atoms with Gasteiger partial charge in [0.15, 0.2) is 0 Å². The number of aryl methyl sites for hydroxylation is 2. The third-order valence-electron chi connectivity index (χ3n) is 8.67. The molecule has 2 saturated heterocycles. The highest BCUT2D eigenvalue weighted by Crippen LogP contribution is 2.61. The van der Waals surface area contributed by atoms with Crippen molar-refractivity contribution in [1.82, 2.24) is 9.80 Å². The largest absolute Gasteiger partial charge is 0.396 e. The number of amides is 3. The first-order chi connectivity index (χ1) is 19.4. The maximum atomic E-state index is 14.5. The maximum absolute atomic E-state index is 14.5. The van der Waals surface area contributed by atoms with Gasteiger partial charge in [-0.25, -0.2) is 0 Å². The number of thioether (sulfide) groups is 1. The molecule has 4 aliphatic rings. The third kappa shape index (κ3) is 4.29. The average Bonchev–Trinajstić information content (AvgIpc) is 3.26. The molecular weight excluding hydrogens is 522 g/mol. The summed E-state index contributed by atoms with van der Waals surface area (Å²) in [6, 6.07) is 15.2. The van der Waals surface area contributed by atoms with Gasteiger partial charge in [0.1, 0.15) is 6.04 Å². The summed E-state index contributed by atoms with van der Waals surface area (Å²) in [6.07, 6.45) is 8.52. The second-order valence-electron chi connectivity index (χ2n) is 11.2. The Morgan fingerprint density at radius 2 is 1.77 bits per heavy atom. The third-order valence-corrected chi connectivity index (χ3v) is 10.4. The summed E-state index contributed by atoms with van der Waals surface area (Å²) < 4.78 is -0.860. The highest BCUT2D eigenvalue weighted by atomic mass is 32.2. The van der Waals surface area contributed by atoms with Crippen LogP contribution >= 0.6 is 11.8 Å². The van der Waals surface area contributed by atoms with Gasteiger partial charge in [-0.15, -0.1) is 11.8 Å². The van der Waals surface area contributed by atoms with Gasteiger partial charge in [-0.2, -0.15) is 0 Å². The molecule has 3 amide bonds. The van der Waals surface area contributed by atoms with Gasteiger partial charge in [0, 0.05) is 43.7 Å². The highest BCUT2D eigenvalue weighted by molar-refractivity contribution is 8.02. The number of hydrogen-bond acceptors (Lipinski definition) is 5. The molecule has 0 aromatic heterocycles. The maximum Gasteiger partial charge on any atom is 0.251 e. The van der Waals surface area contributed by atoms with Crippen LogP contribution < -0.4 is 4.90 Å². The first kappa shape index (κ1) is 26.8. The van der Waals surface area contributed by atoms with Crippen LogP contribution in [0.2, 0.25) is 0 Å². The molecule has 8 heteroatoms. The van der Waals surface area contributed by atoms with E-state index in [-0.39, 0.29) is 36.1 Å². The fraction of sp³-hybridized carbons (Fsp3) is 0.406. The lowest BCUT2D eigenvalue weighted by atomic mass is 9.78. The highest BCUT2D eigenvalue weighted by Gasteiger charge is 2.71. The molecule has 5 atom stereocenters. The number of anilines is 1. The molecule has 1 N–H and O–H groups in total. The van der Waals surface area contributed by atoms with Crippen LogP contribution in [0.25, 0.3) is 0 Å². The van der Waals surface area contributed by atoms with Gasteiger partial charge >= 0.3 is 0 Å². The van der Waals surface area contributed by atoms with Gasteiger partial charge < -0.3 is 19.8 Å². The van der Waals surface area contributed by atoms with Crippen molar-refractivity contribution >= 4 is 35.2 Å². The fourth-order valence-corrected chi connectivity index (χ4v) is 8.85. The number of aliphatic hydroxyl groups is 1. The zero-order valence-electron chi connectivity index (χ0n) is 22.9. The number of rotatable bonds is 6. The Bertz CT molecular complexity index is 1390. The van der Waals surface area contributed by atoms with E-state index in [4.69, 9.17) is 0 Å². The lowest BCUT2D eigenvalue weighted by molar-refractivity contribution is -0.143. The summed E-state index contributed by atoms with van der Waals surface area (Å²) in [6.45, 7) is 5.55. The minimum atomic E-state index is -0.860. The van der Waals surface area contributed by atoms with Gasteiger partial charge in [0.05, 0.1) is 16.6 Å². The van der Waals surface area contributed by atoms with Crippen molar-refractivity contribution < 1.29 is 19.5 Å². The number of aliphatic hydroxyl groups excluding tert-OH is 1. The lowest BCUT2D eigenvalue weighted by Gasteiger charge is -2.35. The number of carbonyl (C=O) groups excluding carboxylic acids is 3. The quantitative estimate of drug-likeness (QED) is 0.550. The summed E-state index contributed by atoms with van der Waals surface area (Å²) in [5.74, 6) is -1.55. The Morgan fingerprint density at radius 1 is 0.975 bits per heavy atom. The predicted octanol–water partition coefficient (Wildman–Crippen LogP) is 3.48. The van der Waals surface area contributed by atoms with Crippen molar-refractivity contribution in [2.24, 2.45) is 11.8 Å². The normalized spacial score (nSPS) is 29.4. The molecule has 2 fully saturated rings. The average molecular weight is 558 g/mol. The van der Waals surface area contributed by atoms with Crippen LogP contribution in [0.3, 0.4) is 0 Å². The summed E-state index contributed by atoms with van der Waals surface area (Å²) in [5, 5.41) is 9.45. The van der Waals surface area contributed by atoms with Gasteiger partial charge in [0.2, 0.25) is 11.8 Å². The molecular formula is C32H35N3O4S. The van der Waals surface area contributed by atoms with Crippen LogP contribution in [0, 0.1) is 25.7 Å². The SMILES string of the molecule is Cc1ccc(C)c(N2CC=C[C@]34S[C@H]5C=CCN(Cc6ccccc6)C(=O)[C@H]5[C@H]3C(=O)N(CCCO)C4C2=O)c1. The molecule has 0 bridgehead atoms. The summed E-state index contributed by atoms with van der Waals surface area (Å²) >= 11 is 1.59. The molecule has 6 rings (SSSR count). The molecule has 1 unspecified atom stereocenters. The van der Waals surface area contributed by atoms with E-state index in [0.717, 1.165) is 22.4 Å².